The van der Waals surface area contributed by atoms with Crippen LogP contribution in [0.3, 0.4) is 0 Å². The Morgan fingerprint density at radius 1 is 1.38 bits per heavy atom. The molecule has 0 spiro atoms. The Morgan fingerprint density at radius 2 is 2.08 bits per heavy atom. The molecule has 1 unspecified atom stereocenters. The van der Waals surface area contributed by atoms with Gasteiger partial charge in [-0.2, -0.15) is 0 Å². The monoisotopic (exact) mass is 341 g/mol. The summed E-state index contributed by atoms with van der Waals surface area (Å²) >= 11 is 0. The molecule has 0 aliphatic carbocycles. The lowest BCUT2D eigenvalue weighted by Gasteiger charge is -2.25. The van der Waals surface area contributed by atoms with Crippen LogP contribution >= 0.6 is 0 Å². The highest BCUT2D eigenvalue weighted by atomic mass is 19.1. The molecule has 1 amide bonds. The van der Waals surface area contributed by atoms with E-state index in [4.69, 9.17) is 14.6 Å². The van der Waals surface area contributed by atoms with Crippen molar-refractivity contribution < 1.29 is 28.6 Å². The summed E-state index contributed by atoms with van der Waals surface area (Å²) < 4.78 is 23.9. The van der Waals surface area contributed by atoms with E-state index in [2.05, 4.69) is 0 Å². The minimum absolute atomic E-state index is 0.0277. The highest BCUT2D eigenvalue weighted by molar-refractivity contribution is 5.97. The molecule has 0 aromatic heterocycles. The maximum absolute atomic E-state index is 13.5. The predicted octanol–water partition coefficient (Wildman–Crippen LogP) is 2.42. The molecular formula is C17H24FNO5. The Labute approximate surface area is 141 Å². The molecule has 1 atom stereocenters. The van der Waals surface area contributed by atoms with Gasteiger partial charge in [0.1, 0.15) is 11.6 Å². The largest absolute Gasteiger partial charge is 0.496 e. The molecule has 0 aliphatic rings. The number of ether oxygens (including phenoxy) is 2. The number of benzene rings is 1. The summed E-state index contributed by atoms with van der Waals surface area (Å²) in [5.74, 6) is -2.50. The van der Waals surface area contributed by atoms with Crippen LogP contribution in [0.15, 0.2) is 18.2 Å². The summed E-state index contributed by atoms with van der Waals surface area (Å²) in [7, 11) is 1.39. The van der Waals surface area contributed by atoms with Crippen molar-refractivity contribution in [3.05, 3.63) is 29.6 Å². The molecule has 0 fully saturated rings. The van der Waals surface area contributed by atoms with Gasteiger partial charge in [-0.25, -0.2) is 4.39 Å². The normalized spacial score (nSPS) is 11.8. The number of methoxy groups -OCH3 is 1. The second-order valence-electron chi connectivity index (χ2n) is 5.39. The minimum atomic E-state index is -0.996. The smallest absolute Gasteiger partial charge is 0.308 e. The molecule has 0 saturated heterocycles. The van der Waals surface area contributed by atoms with Crippen molar-refractivity contribution in [2.75, 3.05) is 33.4 Å². The van der Waals surface area contributed by atoms with Crippen LogP contribution in [-0.4, -0.2) is 55.3 Å². The number of carbonyl (C=O) groups is 2. The first-order valence-corrected chi connectivity index (χ1v) is 7.84. The number of carboxylic acid groups (broad SMARTS) is 1. The van der Waals surface area contributed by atoms with Crippen LogP contribution in [0.4, 0.5) is 4.39 Å². The molecule has 1 N–H and O–H groups in total. The minimum Gasteiger partial charge on any atom is -0.496 e. The van der Waals surface area contributed by atoms with E-state index >= 15 is 0 Å². The first-order valence-electron chi connectivity index (χ1n) is 7.84. The van der Waals surface area contributed by atoms with Crippen molar-refractivity contribution in [1.29, 1.82) is 0 Å². The van der Waals surface area contributed by atoms with Gasteiger partial charge < -0.3 is 19.5 Å². The van der Waals surface area contributed by atoms with Crippen LogP contribution in [0.2, 0.25) is 0 Å². The number of halogens is 1. The fourth-order valence-electron chi connectivity index (χ4n) is 2.20. The number of rotatable bonds is 10. The summed E-state index contributed by atoms with van der Waals surface area (Å²) in [4.78, 5) is 25.2. The quantitative estimate of drug-likeness (QED) is 0.662. The van der Waals surface area contributed by atoms with E-state index < -0.39 is 23.6 Å². The maximum atomic E-state index is 13.5. The third-order valence-corrected chi connectivity index (χ3v) is 3.52. The van der Waals surface area contributed by atoms with Crippen molar-refractivity contribution >= 4 is 11.9 Å². The molecule has 1 aromatic rings. The molecule has 0 bridgehead atoms. The highest BCUT2D eigenvalue weighted by Gasteiger charge is 2.24. The number of hydrogen-bond donors (Lipinski definition) is 1. The first-order chi connectivity index (χ1) is 11.4. The van der Waals surface area contributed by atoms with Crippen molar-refractivity contribution in [3.8, 4) is 5.75 Å². The third kappa shape index (κ3) is 5.81. The second-order valence-corrected chi connectivity index (χ2v) is 5.39. The van der Waals surface area contributed by atoms with Crippen molar-refractivity contribution in [3.63, 3.8) is 0 Å². The molecule has 6 nitrogen and oxygen atoms in total. The zero-order valence-corrected chi connectivity index (χ0v) is 14.3. The molecule has 7 heteroatoms. The molecule has 134 valence electrons. The first kappa shape index (κ1) is 19.9. The molecule has 0 radical (unpaired) electrons. The molecule has 0 heterocycles. The lowest BCUT2D eigenvalue weighted by molar-refractivity contribution is -0.141. The fourth-order valence-corrected chi connectivity index (χ4v) is 2.20. The van der Waals surface area contributed by atoms with E-state index in [0.29, 0.717) is 26.2 Å². The van der Waals surface area contributed by atoms with Crippen molar-refractivity contribution in [2.45, 2.75) is 20.3 Å². The number of amides is 1. The van der Waals surface area contributed by atoms with E-state index in [0.717, 1.165) is 6.07 Å². The van der Waals surface area contributed by atoms with Gasteiger partial charge in [-0.05, 0) is 31.5 Å². The molecule has 0 saturated carbocycles. The van der Waals surface area contributed by atoms with Crippen molar-refractivity contribution in [1.82, 2.24) is 4.90 Å². The summed E-state index contributed by atoms with van der Waals surface area (Å²) in [5.41, 5.74) is 0.0755. The Morgan fingerprint density at radius 3 is 2.67 bits per heavy atom. The van der Waals surface area contributed by atoms with Crippen LogP contribution in [0.25, 0.3) is 0 Å². The Balaban J connectivity index is 2.96. The Kier molecular flexibility index (Phi) is 8.18. The summed E-state index contributed by atoms with van der Waals surface area (Å²) in [5, 5.41) is 9.09. The van der Waals surface area contributed by atoms with Crippen LogP contribution < -0.4 is 4.74 Å². The summed E-state index contributed by atoms with van der Waals surface area (Å²) in [6.45, 7) is 4.76. The predicted molar refractivity (Wildman–Crippen MR) is 86.8 cm³/mol. The van der Waals surface area contributed by atoms with Gasteiger partial charge in [0.15, 0.2) is 0 Å². The molecule has 1 rings (SSSR count). The van der Waals surface area contributed by atoms with Crippen LogP contribution in [0.1, 0.15) is 30.6 Å². The number of hydrogen-bond acceptors (Lipinski definition) is 4. The zero-order valence-electron chi connectivity index (χ0n) is 14.3. The molecule has 24 heavy (non-hydrogen) atoms. The summed E-state index contributed by atoms with van der Waals surface area (Å²) in [6.07, 6.45) is 0.559. The van der Waals surface area contributed by atoms with Gasteiger partial charge >= 0.3 is 5.97 Å². The standard InChI is InChI=1S/C17H24FNO5/c1-4-24-9-5-8-19(11-12(2)17(21)22)16(20)14-10-13(18)6-7-15(14)23-3/h6-7,10,12H,4-5,8-9,11H2,1-3H3,(H,21,22). The van der Waals surface area contributed by atoms with E-state index in [1.807, 2.05) is 6.92 Å². The van der Waals surface area contributed by atoms with E-state index in [1.54, 1.807) is 0 Å². The average Bonchev–Trinajstić information content (AvgIpc) is 2.56. The average molecular weight is 341 g/mol. The van der Waals surface area contributed by atoms with Crippen LogP contribution in [0.5, 0.6) is 5.75 Å². The Bertz CT molecular complexity index is 564. The highest BCUT2D eigenvalue weighted by Crippen LogP contribution is 2.22. The third-order valence-electron chi connectivity index (χ3n) is 3.52. The molecular weight excluding hydrogens is 317 g/mol. The number of aliphatic carboxylic acids is 1. The van der Waals surface area contributed by atoms with Crippen LogP contribution in [0, 0.1) is 11.7 Å². The summed E-state index contributed by atoms with van der Waals surface area (Å²) in [6, 6.07) is 3.68. The fraction of sp³-hybridized carbons (Fsp3) is 0.529. The zero-order chi connectivity index (χ0) is 18.1. The van der Waals surface area contributed by atoms with E-state index in [1.165, 1.54) is 31.1 Å². The topological polar surface area (TPSA) is 76.1 Å². The second kappa shape index (κ2) is 9.87. The van der Waals surface area contributed by atoms with Gasteiger partial charge in [-0.15, -0.1) is 0 Å². The van der Waals surface area contributed by atoms with Gasteiger partial charge in [0, 0.05) is 26.3 Å². The number of carboxylic acids is 1. The van der Waals surface area contributed by atoms with Gasteiger partial charge in [0.2, 0.25) is 0 Å². The van der Waals surface area contributed by atoms with Gasteiger partial charge in [-0.1, -0.05) is 6.92 Å². The number of nitrogens with zero attached hydrogens (tertiary/aromatic N) is 1. The van der Waals surface area contributed by atoms with Crippen LogP contribution in [-0.2, 0) is 9.53 Å². The van der Waals surface area contributed by atoms with E-state index in [9.17, 15) is 14.0 Å². The van der Waals surface area contributed by atoms with Gasteiger partial charge in [0.25, 0.3) is 5.91 Å². The maximum Gasteiger partial charge on any atom is 0.308 e. The number of carbonyl (C=O) groups excluding carboxylic acids is 1. The SMILES string of the molecule is CCOCCCN(CC(C)C(=O)O)C(=O)c1cc(F)ccc1OC. The molecule has 1 aromatic carbocycles. The van der Waals surface area contributed by atoms with Gasteiger partial charge in [-0.3, -0.25) is 9.59 Å². The lowest BCUT2D eigenvalue weighted by Crippen LogP contribution is -2.38. The van der Waals surface area contributed by atoms with Gasteiger partial charge in [0.05, 0.1) is 18.6 Å². The Hall–Kier alpha value is -2.15. The van der Waals surface area contributed by atoms with Crippen molar-refractivity contribution in [2.24, 2.45) is 5.92 Å². The van der Waals surface area contributed by atoms with E-state index in [-0.39, 0.29) is 17.9 Å². The molecule has 0 aliphatic heterocycles. The lowest BCUT2D eigenvalue weighted by atomic mass is 10.1.